The average molecular weight is 375 g/mol. The average Bonchev–Trinajstić information content (AvgIpc) is 2.99. The quantitative estimate of drug-likeness (QED) is 0.868. The fourth-order valence-electron chi connectivity index (χ4n) is 3.55. The van der Waals surface area contributed by atoms with Crippen molar-refractivity contribution in [2.45, 2.75) is 25.0 Å². The number of hydrogen-bond donors (Lipinski definition) is 1. The Morgan fingerprint density at radius 3 is 3.04 bits per heavy atom. The van der Waals surface area contributed by atoms with Gasteiger partial charge < -0.3 is 15.0 Å². The van der Waals surface area contributed by atoms with E-state index in [1.807, 2.05) is 12.1 Å². The summed E-state index contributed by atoms with van der Waals surface area (Å²) < 4.78 is 7.79. The number of likely N-dealkylation sites (tertiary alicyclic amines) is 1. The van der Waals surface area contributed by atoms with Gasteiger partial charge in [-0.25, -0.2) is 0 Å². The number of nitrogens with zero attached hydrogens (tertiary/aromatic N) is 3. The highest BCUT2D eigenvalue weighted by Gasteiger charge is 2.42. The van der Waals surface area contributed by atoms with Crippen molar-refractivity contribution in [1.82, 2.24) is 20.0 Å². The molecule has 1 atom stereocenters. The van der Waals surface area contributed by atoms with E-state index < -0.39 is 5.60 Å². The maximum atomic E-state index is 12.7. The van der Waals surface area contributed by atoms with Crippen molar-refractivity contribution in [1.29, 1.82) is 0 Å². The molecule has 2 amide bonds. The molecule has 26 heavy (non-hydrogen) atoms. The van der Waals surface area contributed by atoms with Crippen molar-refractivity contribution in [2.75, 3.05) is 19.6 Å². The minimum absolute atomic E-state index is 0.0451. The second kappa shape index (κ2) is 6.64. The van der Waals surface area contributed by atoms with Crippen LogP contribution in [-0.2, 0) is 11.3 Å². The number of nitrogens with one attached hydrogen (secondary N) is 1. The topological polar surface area (TPSA) is 76.5 Å². The van der Waals surface area contributed by atoms with Crippen LogP contribution in [-0.4, -0.2) is 51.7 Å². The molecule has 7 nitrogen and oxygen atoms in total. The van der Waals surface area contributed by atoms with Gasteiger partial charge in [-0.1, -0.05) is 23.7 Å². The zero-order chi connectivity index (χ0) is 18.1. The number of carbonyl (C=O) groups is 2. The van der Waals surface area contributed by atoms with Crippen molar-refractivity contribution >= 4 is 23.4 Å². The molecule has 2 aliphatic heterocycles. The maximum Gasteiger partial charge on any atom is 0.255 e. The van der Waals surface area contributed by atoms with Gasteiger partial charge in [0, 0.05) is 12.7 Å². The van der Waals surface area contributed by atoms with Crippen LogP contribution in [0.3, 0.4) is 0 Å². The number of aromatic nitrogens is 2. The number of amides is 2. The van der Waals surface area contributed by atoms with Crippen LogP contribution < -0.4 is 10.1 Å². The summed E-state index contributed by atoms with van der Waals surface area (Å²) in [5.74, 6) is 0.374. The number of fused-ring (bicyclic) bond motifs is 1. The van der Waals surface area contributed by atoms with Crippen molar-refractivity contribution in [3.63, 3.8) is 0 Å². The Morgan fingerprint density at radius 1 is 1.38 bits per heavy atom. The van der Waals surface area contributed by atoms with Crippen LogP contribution in [0.25, 0.3) is 0 Å². The zero-order valence-corrected chi connectivity index (χ0v) is 14.9. The Balaban J connectivity index is 1.52. The standard InChI is InChI=1S/C18H19ClN4O3/c19-13-8-21-23(9-13)10-16(24)22-7-3-6-18(12-22)11-20-17(25)14-4-1-2-5-15(14)26-18/h1-2,4-5,8-9H,3,6-7,10-12H2,(H,20,25)/t18-/m0/s1. The van der Waals surface area contributed by atoms with Crippen LogP contribution in [0.4, 0.5) is 0 Å². The lowest BCUT2D eigenvalue weighted by Crippen LogP contribution is -2.58. The molecule has 8 heteroatoms. The van der Waals surface area contributed by atoms with Gasteiger partial charge in [-0.15, -0.1) is 0 Å². The van der Waals surface area contributed by atoms with Gasteiger partial charge in [0.05, 0.1) is 29.9 Å². The van der Waals surface area contributed by atoms with Crippen LogP contribution >= 0.6 is 11.6 Å². The summed E-state index contributed by atoms with van der Waals surface area (Å²) in [5, 5.41) is 7.49. The van der Waals surface area contributed by atoms with E-state index in [0.29, 0.717) is 36.0 Å². The third-order valence-corrected chi connectivity index (χ3v) is 5.02. The highest BCUT2D eigenvalue weighted by Crippen LogP contribution is 2.32. The first kappa shape index (κ1) is 16.9. The van der Waals surface area contributed by atoms with E-state index in [-0.39, 0.29) is 18.4 Å². The summed E-state index contributed by atoms with van der Waals surface area (Å²) in [6.07, 6.45) is 4.72. The second-order valence-corrected chi connectivity index (χ2v) is 7.18. The number of ether oxygens (including phenoxy) is 1. The smallest absolute Gasteiger partial charge is 0.255 e. The lowest BCUT2D eigenvalue weighted by atomic mass is 9.92. The molecule has 0 aliphatic carbocycles. The molecular weight excluding hydrogens is 356 g/mol. The molecule has 4 rings (SSSR count). The number of benzene rings is 1. The number of halogens is 1. The lowest BCUT2D eigenvalue weighted by Gasteiger charge is -2.42. The molecule has 2 aromatic rings. The van der Waals surface area contributed by atoms with Gasteiger partial charge in [-0.2, -0.15) is 5.10 Å². The molecule has 1 spiro atoms. The van der Waals surface area contributed by atoms with E-state index in [1.54, 1.807) is 23.2 Å². The Hall–Kier alpha value is -2.54. The second-order valence-electron chi connectivity index (χ2n) is 6.74. The Kier molecular flexibility index (Phi) is 4.32. The van der Waals surface area contributed by atoms with Crippen molar-refractivity contribution < 1.29 is 14.3 Å². The first-order valence-corrected chi connectivity index (χ1v) is 8.94. The number of para-hydroxylation sites is 1. The SMILES string of the molecule is O=C1NC[C@]2(CCCN(C(=O)Cn3cc(Cl)cn3)C2)Oc2ccccc21. The van der Waals surface area contributed by atoms with Crippen LogP contribution in [0, 0.1) is 0 Å². The number of hydrogen-bond acceptors (Lipinski definition) is 4. The predicted molar refractivity (Wildman–Crippen MR) is 95.2 cm³/mol. The minimum atomic E-state index is -0.613. The molecular formula is C18H19ClN4O3. The Morgan fingerprint density at radius 2 is 2.23 bits per heavy atom. The molecule has 0 bridgehead atoms. The molecule has 1 N–H and O–H groups in total. The van der Waals surface area contributed by atoms with E-state index in [1.165, 1.54) is 10.9 Å². The van der Waals surface area contributed by atoms with Crippen LogP contribution in [0.2, 0.25) is 5.02 Å². The van der Waals surface area contributed by atoms with Crippen molar-refractivity contribution in [2.24, 2.45) is 0 Å². The normalized spacial score (nSPS) is 22.3. The number of rotatable bonds is 2. The van der Waals surface area contributed by atoms with Gasteiger partial charge in [0.1, 0.15) is 17.9 Å². The Labute approximate surface area is 155 Å². The van der Waals surface area contributed by atoms with E-state index in [2.05, 4.69) is 10.4 Å². The van der Waals surface area contributed by atoms with Crippen LogP contribution in [0.15, 0.2) is 36.7 Å². The van der Waals surface area contributed by atoms with Gasteiger partial charge in [-0.3, -0.25) is 14.3 Å². The van der Waals surface area contributed by atoms with Gasteiger partial charge in [0.2, 0.25) is 5.91 Å². The molecule has 1 fully saturated rings. The summed E-state index contributed by atoms with van der Waals surface area (Å²) in [6, 6.07) is 7.20. The third kappa shape index (κ3) is 3.26. The maximum absolute atomic E-state index is 12.7. The summed E-state index contributed by atoms with van der Waals surface area (Å²) in [5.41, 5.74) is -0.0863. The minimum Gasteiger partial charge on any atom is -0.483 e. The molecule has 0 radical (unpaired) electrons. The molecule has 0 unspecified atom stereocenters. The van der Waals surface area contributed by atoms with Gasteiger partial charge >= 0.3 is 0 Å². The summed E-state index contributed by atoms with van der Waals surface area (Å²) in [4.78, 5) is 26.7. The van der Waals surface area contributed by atoms with Crippen molar-refractivity contribution in [3.05, 3.63) is 47.2 Å². The highest BCUT2D eigenvalue weighted by molar-refractivity contribution is 6.30. The molecule has 0 saturated carbocycles. The van der Waals surface area contributed by atoms with Gasteiger partial charge in [-0.05, 0) is 25.0 Å². The number of carbonyl (C=O) groups excluding carboxylic acids is 2. The van der Waals surface area contributed by atoms with Crippen LogP contribution in [0.1, 0.15) is 23.2 Å². The van der Waals surface area contributed by atoms with E-state index >= 15 is 0 Å². The fraction of sp³-hybridized carbons (Fsp3) is 0.389. The monoisotopic (exact) mass is 374 g/mol. The molecule has 1 saturated heterocycles. The van der Waals surface area contributed by atoms with Crippen LogP contribution in [0.5, 0.6) is 5.75 Å². The molecule has 1 aromatic heterocycles. The largest absolute Gasteiger partial charge is 0.483 e. The molecule has 3 heterocycles. The van der Waals surface area contributed by atoms with E-state index in [0.717, 1.165) is 12.8 Å². The van der Waals surface area contributed by atoms with Crippen molar-refractivity contribution in [3.8, 4) is 5.75 Å². The lowest BCUT2D eigenvalue weighted by molar-refractivity contribution is -0.137. The molecule has 2 aliphatic rings. The number of piperidine rings is 1. The van der Waals surface area contributed by atoms with E-state index in [9.17, 15) is 9.59 Å². The summed E-state index contributed by atoms with van der Waals surface area (Å²) in [6.45, 7) is 1.59. The van der Waals surface area contributed by atoms with E-state index in [4.69, 9.17) is 16.3 Å². The van der Waals surface area contributed by atoms with Gasteiger partial charge in [0.15, 0.2) is 0 Å². The predicted octanol–water partition coefficient (Wildman–Crippen LogP) is 1.72. The highest BCUT2D eigenvalue weighted by atomic mass is 35.5. The first-order valence-electron chi connectivity index (χ1n) is 8.57. The van der Waals surface area contributed by atoms with Gasteiger partial charge in [0.25, 0.3) is 5.91 Å². The first-order chi connectivity index (χ1) is 12.5. The molecule has 136 valence electrons. The Bertz CT molecular complexity index is 852. The molecule has 1 aromatic carbocycles. The third-order valence-electron chi connectivity index (χ3n) is 4.82. The summed E-state index contributed by atoms with van der Waals surface area (Å²) in [7, 11) is 0. The summed E-state index contributed by atoms with van der Waals surface area (Å²) >= 11 is 5.86. The zero-order valence-electron chi connectivity index (χ0n) is 14.2. The fourth-order valence-corrected chi connectivity index (χ4v) is 3.71.